The molecule has 2 aliphatic rings. The van der Waals surface area contributed by atoms with Gasteiger partial charge < -0.3 is 19.1 Å². The number of carbonyl (C=O) groups is 2. The number of piperazine rings is 1. The fourth-order valence-corrected chi connectivity index (χ4v) is 4.69. The molecule has 0 spiro atoms. The second-order valence-electron chi connectivity index (χ2n) is 8.92. The summed E-state index contributed by atoms with van der Waals surface area (Å²) < 4.78 is 5.76. The SMILES string of the molecule is Cc1ccc2c(CC(=O)N3CC[NH+](CC(=O)N4CCCCCC4)CC3)coc2c1C. The largest absolute Gasteiger partial charge is 0.464 e. The molecule has 0 unspecified atom stereocenters. The molecule has 0 aliphatic carbocycles. The standard InChI is InChI=1S/C24H33N3O3/c1-18-7-8-21-20(17-30-24(21)19(18)2)15-22(28)27-13-11-25(12-14-27)16-23(29)26-9-5-3-4-6-10-26/h7-8,17H,3-6,9-16H2,1-2H3/p+1. The van der Waals surface area contributed by atoms with Crippen LogP contribution in [0.4, 0.5) is 0 Å². The summed E-state index contributed by atoms with van der Waals surface area (Å²) in [6.45, 7) is 9.63. The molecular weight excluding hydrogens is 378 g/mol. The number of amides is 2. The highest BCUT2D eigenvalue weighted by molar-refractivity contribution is 5.89. The third-order valence-corrected chi connectivity index (χ3v) is 6.87. The summed E-state index contributed by atoms with van der Waals surface area (Å²) >= 11 is 0. The second-order valence-corrected chi connectivity index (χ2v) is 8.92. The van der Waals surface area contributed by atoms with Gasteiger partial charge in [0.2, 0.25) is 5.91 Å². The van der Waals surface area contributed by atoms with Crippen LogP contribution >= 0.6 is 0 Å². The molecule has 0 radical (unpaired) electrons. The van der Waals surface area contributed by atoms with Crippen molar-refractivity contribution < 1.29 is 18.9 Å². The second kappa shape index (κ2) is 9.21. The van der Waals surface area contributed by atoms with E-state index in [1.165, 1.54) is 23.3 Å². The van der Waals surface area contributed by atoms with E-state index in [1.54, 1.807) is 6.26 Å². The Kier molecular flexibility index (Phi) is 6.42. The number of likely N-dealkylation sites (tertiary alicyclic amines) is 1. The molecule has 4 rings (SSSR count). The predicted octanol–water partition coefficient (Wildman–Crippen LogP) is 1.72. The minimum atomic E-state index is 0.147. The van der Waals surface area contributed by atoms with Gasteiger partial charge in [-0.15, -0.1) is 0 Å². The summed E-state index contributed by atoms with van der Waals surface area (Å²) in [5, 5.41) is 1.04. The number of hydrogen-bond donors (Lipinski definition) is 1. The van der Waals surface area contributed by atoms with Crippen molar-refractivity contribution in [2.24, 2.45) is 0 Å². The summed E-state index contributed by atoms with van der Waals surface area (Å²) in [6.07, 6.45) is 6.84. The third kappa shape index (κ3) is 4.53. The maximum absolute atomic E-state index is 12.9. The molecular formula is C24H34N3O3+. The highest BCUT2D eigenvalue weighted by Gasteiger charge is 2.27. The average Bonchev–Trinajstić information content (AvgIpc) is 2.96. The Bertz CT molecular complexity index is 904. The first kappa shape index (κ1) is 20.9. The Hall–Kier alpha value is -2.34. The number of nitrogens with one attached hydrogen (secondary N) is 1. The van der Waals surface area contributed by atoms with Crippen LogP contribution in [0.25, 0.3) is 11.0 Å². The quantitative estimate of drug-likeness (QED) is 0.832. The van der Waals surface area contributed by atoms with Crippen molar-refractivity contribution in [3.8, 4) is 0 Å². The Morgan fingerprint density at radius 1 is 0.933 bits per heavy atom. The summed E-state index contributed by atoms with van der Waals surface area (Å²) in [4.78, 5) is 30.8. The maximum atomic E-state index is 12.9. The monoisotopic (exact) mass is 412 g/mol. The molecule has 2 aliphatic heterocycles. The molecule has 2 aromatic rings. The van der Waals surface area contributed by atoms with E-state index in [4.69, 9.17) is 4.42 Å². The first-order valence-electron chi connectivity index (χ1n) is 11.4. The van der Waals surface area contributed by atoms with Gasteiger partial charge in [-0.05, 0) is 37.8 Å². The molecule has 6 nitrogen and oxygen atoms in total. The molecule has 0 atom stereocenters. The molecule has 2 saturated heterocycles. The molecule has 162 valence electrons. The van der Waals surface area contributed by atoms with Crippen LogP contribution in [0.2, 0.25) is 0 Å². The van der Waals surface area contributed by atoms with Crippen molar-refractivity contribution in [3.05, 3.63) is 35.1 Å². The normalized spacial score (nSPS) is 18.6. The van der Waals surface area contributed by atoms with Gasteiger partial charge in [-0.3, -0.25) is 9.59 Å². The molecule has 1 aromatic carbocycles. The Morgan fingerprint density at radius 3 is 2.30 bits per heavy atom. The Morgan fingerprint density at radius 2 is 1.60 bits per heavy atom. The molecule has 1 N–H and O–H groups in total. The molecule has 30 heavy (non-hydrogen) atoms. The van der Waals surface area contributed by atoms with Crippen LogP contribution < -0.4 is 4.90 Å². The average molecular weight is 413 g/mol. The lowest BCUT2D eigenvalue weighted by molar-refractivity contribution is -0.896. The predicted molar refractivity (Wildman–Crippen MR) is 117 cm³/mol. The van der Waals surface area contributed by atoms with Crippen molar-refractivity contribution in [1.82, 2.24) is 9.80 Å². The van der Waals surface area contributed by atoms with Gasteiger partial charge in [0.05, 0.1) is 38.9 Å². The first-order valence-corrected chi connectivity index (χ1v) is 11.4. The number of benzene rings is 1. The zero-order valence-corrected chi connectivity index (χ0v) is 18.3. The lowest BCUT2D eigenvalue weighted by atomic mass is 10.0. The van der Waals surface area contributed by atoms with Crippen molar-refractivity contribution in [2.45, 2.75) is 46.0 Å². The molecule has 0 saturated carbocycles. The van der Waals surface area contributed by atoms with E-state index in [9.17, 15) is 9.59 Å². The number of rotatable bonds is 4. The third-order valence-electron chi connectivity index (χ3n) is 6.87. The van der Waals surface area contributed by atoms with E-state index in [1.807, 2.05) is 9.80 Å². The number of hydrogen-bond acceptors (Lipinski definition) is 3. The van der Waals surface area contributed by atoms with Crippen LogP contribution in [0.5, 0.6) is 0 Å². The maximum Gasteiger partial charge on any atom is 0.277 e. The van der Waals surface area contributed by atoms with Gasteiger partial charge in [-0.25, -0.2) is 0 Å². The van der Waals surface area contributed by atoms with Gasteiger partial charge in [0, 0.05) is 24.0 Å². The van der Waals surface area contributed by atoms with Crippen LogP contribution in [0, 0.1) is 13.8 Å². The summed E-state index contributed by atoms with van der Waals surface area (Å²) in [7, 11) is 0. The van der Waals surface area contributed by atoms with Crippen molar-refractivity contribution in [1.29, 1.82) is 0 Å². The summed E-state index contributed by atoms with van der Waals surface area (Å²) in [6, 6.07) is 4.14. The molecule has 3 heterocycles. The van der Waals surface area contributed by atoms with E-state index in [2.05, 4.69) is 26.0 Å². The minimum Gasteiger partial charge on any atom is -0.464 e. The lowest BCUT2D eigenvalue weighted by Crippen LogP contribution is -3.15. The number of fused-ring (bicyclic) bond motifs is 1. The smallest absolute Gasteiger partial charge is 0.277 e. The van der Waals surface area contributed by atoms with Crippen LogP contribution in [0.15, 0.2) is 22.8 Å². The number of nitrogens with zero attached hydrogens (tertiary/aromatic N) is 2. The van der Waals surface area contributed by atoms with Crippen molar-refractivity contribution in [3.63, 3.8) is 0 Å². The Balaban J connectivity index is 1.29. The van der Waals surface area contributed by atoms with Gasteiger partial charge in [-0.1, -0.05) is 25.0 Å². The highest BCUT2D eigenvalue weighted by Crippen LogP contribution is 2.27. The van der Waals surface area contributed by atoms with Crippen LogP contribution in [-0.2, 0) is 16.0 Å². The number of carbonyl (C=O) groups excluding carboxylic acids is 2. The zero-order valence-electron chi connectivity index (χ0n) is 18.3. The van der Waals surface area contributed by atoms with E-state index in [0.29, 0.717) is 13.0 Å². The van der Waals surface area contributed by atoms with E-state index in [-0.39, 0.29) is 11.8 Å². The van der Waals surface area contributed by atoms with Gasteiger partial charge >= 0.3 is 0 Å². The van der Waals surface area contributed by atoms with Gasteiger partial charge in [-0.2, -0.15) is 0 Å². The fraction of sp³-hybridized carbons (Fsp3) is 0.583. The Labute approximate surface area is 178 Å². The number of furan rings is 1. The lowest BCUT2D eigenvalue weighted by Gasteiger charge is -2.33. The summed E-state index contributed by atoms with van der Waals surface area (Å²) in [5.74, 6) is 0.427. The number of quaternary nitrogens is 1. The van der Waals surface area contributed by atoms with Gasteiger partial charge in [0.25, 0.3) is 5.91 Å². The first-order chi connectivity index (χ1) is 14.5. The molecule has 1 aromatic heterocycles. The number of aryl methyl sites for hydroxylation is 2. The van der Waals surface area contributed by atoms with E-state index >= 15 is 0 Å². The van der Waals surface area contributed by atoms with Crippen molar-refractivity contribution in [2.75, 3.05) is 45.8 Å². The molecule has 0 bridgehead atoms. The van der Waals surface area contributed by atoms with E-state index < -0.39 is 0 Å². The minimum absolute atomic E-state index is 0.147. The highest BCUT2D eigenvalue weighted by atomic mass is 16.3. The molecule has 6 heteroatoms. The van der Waals surface area contributed by atoms with Crippen LogP contribution in [0.1, 0.15) is 42.4 Å². The van der Waals surface area contributed by atoms with Gasteiger partial charge in [0.1, 0.15) is 5.58 Å². The van der Waals surface area contributed by atoms with E-state index in [0.717, 1.165) is 74.2 Å². The van der Waals surface area contributed by atoms with Gasteiger partial charge in [0.15, 0.2) is 6.54 Å². The molecule has 2 fully saturated rings. The topological polar surface area (TPSA) is 58.2 Å². The fourth-order valence-electron chi connectivity index (χ4n) is 4.69. The van der Waals surface area contributed by atoms with Crippen LogP contribution in [0.3, 0.4) is 0 Å². The van der Waals surface area contributed by atoms with Crippen molar-refractivity contribution >= 4 is 22.8 Å². The summed E-state index contributed by atoms with van der Waals surface area (Å²) in [5.41, 5.74) is 4.18. The van der Waals surface area contributed by atoms with Crippen LogP contribution in [-0.4, -0.2) is 67.4 Å². The zero-order chi connectivity index (χ0) is 21.1. The molecule has 2 amide bonds.